The number of benzene rings is 1. The van der Waals surface area contributed by atoms with Crippen LogP contribution in [0, 0.1) is 17.3 Å². The lowest BCUT2D eigenvalue weighted by atomic mass is 9.64. The molecule has 1 fully saturated rings. The van der Waals surface area contributed by atoms with Gasteiger partial charge in [-0.3, -0.25) is 0 Å². The second-order valence-electron chi connectivity index (χ2n) is 6.82. The van der Waals surface area contributed by atoms with Crippen LogP contribution in [0.4, 0.5) is 5.69 Å². The van der Waals surface area contributed by atoms with Crippen molar-refractivity contribution in [2.24, 2.45) is 17.3 Å². The largest absolute Gasteiger partial charge is 0.478 e. The monoisotopic (exact) mass is 307 g/mol. The molecule has 21 heavy (non-hydrogen) atoms. The Morgan fingerprint density at radius 1 is 1.38 bits per heavy atom. The van der Waals surface area contributed by atoms with Crippen LogP contribution < -0.4 is 5.32 Å². The van der Waals surface area contributed by atoms with E-state index < -0.39 is 5.97 Å². The molecule has 0 radical (unpaired) electrons. The third kappa shape index (κ3) is 3.73. The Bertz CT molecular complexity index is 498. The van der Waals surface area contributed by atoms with Gasteiger partial charge in [0.2, 0.25) is 0 Å². The fraction of sp³-hybridized carbons (Fsp3) is 0.588. The summed E-state index contributed by atoms with van der Waals surface area (Å²) in [5.74, 6) is 0.247. The summed E-state index contributed by atoms with van der Waals surface area (Å²) in [5, 5.41) is 12.8. The van der Waals surface area contributed by atoms with Crippen molar-refractivity contribution in [3.63, 3.8) is 0 Å². The Hall–Kier alpha value is -1.16. The van der Waals surface area contributed by atoms with Crippen LogP contribution in [0.5, 0.6) is 0 Å². The maximum atomic E-state index is 10.9. The van der Waals surface area contributed by atoms with Gasteiger partial charge in [-0.1, -0.05) is 20.8 Å². The first-order valence-corrected chi connectivity index (χ1v) is 8.08. The summed E-state index contributed by atoms with van der Waals surface area (Å²) >= 11 is 4.72. The molecule has 0 heterocycles. The van der Waals surface area contributed by atoms with Gasteiger partial charge in [0, 0.05) is 17.5 Å². The molecule has 2 N–H and O–H groups in total. The zero-order valence-electron chi connectivity index (χ0n) is 13.0. The molecule has 0 bridgehead atoms. The molecule has 1 aliphatic rings. The van der Waals surface area contributed by atoms with E-state index in [0.717, 1.165) is 12.2 Å². The second kappa shape index (κ2) is 6.30. The minimum absolute atomic E-state index is 0.312. The molecule has 4 heteroatoms. The minimum Gasteiger partial charge on any atom is -0.478 e. The predicted molar refractivity (Wildman–Crippen MR) is 90.3 cm³/mol. The summed E-state index contributed by atoms with van der Waals surface area (Å²) in [5.41, 5.74) is 1.61. The van der Waals surface area contributed by atoms with Crippen LogP contribution >= 0.6 is 12.6 Å². The Morgan fingerprint density at radius 3 is 2.57 bits per heavy atom. The van der Waals surface area contributed by atoms with Crippen LogP contribution in [0.1, 0.15) is 44.0 Å². The molecular weight excluding hydrogens is 282 g/mol. The zero-order valence-corrected chi connectivity index (χ0v) is 13.9. The normalized spacial score (nSPS) is 28.1. The third-order valence-electron chi connectivity index (χ3n) is 4.99. The van der Waals surface area contributed by atoms with Gasteiger partial charge in [-0.25, -0.2) is 4.79 Å². The zero-order chi connectivity index (χ0) is 15.6. The van der Waals surface area contributed by atoms with Gasteiger partial charge in [0.05, 0.1) is 5.56 Å². The average Bonchev–Trinajstić information content (AvgIpc) is 2.43. The minimum atomic E-state index is -0.887. The number of hydrogen-bond donors (Lipinski definition) is 3. The van der Waals surface area contributed by atoms with E-state index in [1.165, 1.54) is 12.8 Å². The van der Waals surface area contributed by atoms with E-state index in [9.17, 15) is 4.79 Å². The number of carbonyl (C=O) groups is 1. The van der Waals surface area contributed by atoms with Gasteiger partial charge in [0.25, 0.3) is 0 Å². The number of carboxylic acids is 1. The van der Waals surface area contributed by atoms with E-state index in [1.54, 1.807) is 12.1 Å². The van der Waals surface area contributed by atoms with E-state index >= 15 is 0 Å². The van der Waals surface area contributed by atoms with Crippen LogP contribution in [0.15, 0.2) is 24.3 Å². The molecule has 1 aromatic rings. The molecule has 3 nitrogen and oxygen atoms in total. The van der Waals surface area contributed by atoms with Gasteiger partial charge in [-0.15, -0.1) is 0 Å². The van der Waals surface area contributed by atoms with Crippen molar-refractivity contribution in [2.45, 2.75) is 38.9 Å². The first-order valence-electron chi connectivity index (χ1n) is 7.56. The van der Waals surface area contributed by atoms with Crippen LogP contribution in [-0.4, -0.2) is 22.9 Å². The van der Waals surface area contributed by atoms with Gasteiger partial charge in [-0.05, 0) is 54.4 Å². The fourth-order valence-corrected chi connectivity index (χ4v) is 3.71. The molecule has 2 rings (SSSR count). The number of nitrogens with one attached hydrogen (secondary N) is 1. The topological polar surface area (TPSA) is 49.3 Å². The predicted octanol–water partition coefficient (Wildman–Crippen LogP) is 4.17. The molecule has 0 aliphatic heterocycles. The lowest BCUT2D eigenvalue weighted by molar-refractivity contribution is 0.0697. The lowest BCUT2D eigenvalue weighted by Gasteiger charge is -2.46. The highest BCUT2D eigenvalue weighted by atomic mass is 32.1. The number of rotatable bonds is 4. The van der Waals surface area contributed by atoms with Crippen LogP contribution in [0.2, 0.25) is 0 Å². The third-order valence-corrected chi connectivity index (χ3v) is 5.72. The first-order chi connectivity index (χ1) is 9.81. The highest BCUT2D eigenvalue weighted by Crippen LogP contribution is 2.45. The van der Waals surface area contributed by atoms with E-state index in [-0.39, 0.29) is 0 Å². The Morgan fingerprint density at radius 2 is 2.00 bits per heavy atom. The maximum Gasteiger partial charge on any atom is 0.335 e. The maximum absolute atomic E-state index is 10.9. The van der Waals surface area contributed by atoms with Crippen molar-refractivity contribution >= 4 is 24.3 Å². The van der Waals surface area contributed by atoms with E-state index in [2.05, 4.69) is 26.1 Å². The molecule has 1 saturated carbocycles. The quantitative estimate of drug-likeness (QED) is 0.732. The molecule has 3 atom stereocenters. The summed E-state index contributed by atoms with van der Waals surface area (Å²) in [6, 6.07) is 6.95. The standard InChI is InChI=1S/C17H25NO2S/c1-11-14(17(2,3)9-8-15(11)21)10-18-13-6-4-12(5-7-13)16(19)20/h4-7,11,14-15,18,21H,8-10H2,1-3H3,(H,19,20). The van der Waals surface area contributed by atoms with Crippen molar-refractivity contribution in [3.05, 3.63) is 29.8 Å². The van der Waals surface area contributed by atoms with Crippen LogP contribution in [-0.2, 0) is 0 Å². The summed E-state index contributed by atoms with van der Waals surface area (Å²) in [4.78, 5) is 10.9. The number of carboxylic acid groups (broad SMARTS) is 1. The Labute approximate surface area is 132 Å². The Kier molecular flexibility index (Phi) is 4.87. The molecule has 0 saturated heterocycles. The summed E-state index contributed by atoms with van der Waals surface area (Å²) in [6.45, 7) is 7.86. The molecule has 0 spiro atoms. The first kappa shape index (κ1) is 16.2. The van der Waals surface area contributed by atoms with Gasteiger partial charge >= 0.3 is 5.97 Å². The molecular formula is C17H25NO2S. The highest BCUT2D eigenvalue weighted by Gasteiger charge is 2.40. The molecule has 0 amide bonds. The highest BCUT2D eigenvalue weighted by molar-refractivity contribution is 7.81. The smallest absolute Gasteiger partial charge is 0.335 e. The van der Waals surface area contributed by atoms with Crippen molar-refractivity contribution < 1.29 is 9.90 Å². The molecule has 116 valence electrons. The van der Waals surface area contributed by atoms with Crippen molar-refractivity contribution in [1.29, 1.82) is 0 Å². The molecule has 1 aromatic carbocycles. The SMILES string of the molecule is CC1C(S)CCC(C)(C)C1CNc1ccc(C(=O)O)cc1. The summed E-state index contributed by atoms with van der Waals surface area (Å²) < 4.78 is 0. The van der Waals surface area contributed by atoms with E-state index in [0.29, 0.717) is 28.1 Å². The van der Waals surface area contributed by atoms with Crippen molar-refractivity contribution in [2.75, 3.05) is 11.9 Å². The average molecular weight is 307 g/mol. The van der Waals surface area contributed by atoms with Crippen LogP contribution in [0.3, 0.4) is 0 Å². The number of hydrogen-bond acceptors (Lipinski definition) is 3. The summed E-state index contributed by atoms with van der Waals surface area (Å²) in [7, 11) is 0. The molecule has 3 unspecified atom stereocenters. The van der Waals surface area contributed by atoms with E-state index in [4.69, 9.17) is 17.7 Å². The Balaban J connectivity index is 2.02. The lowest BCUT2D eigenvalue weighted by Crippen LogP contribution is -2.42. The number of thiol groups is 1. The van der Waals surface area contributed by atoms with Crippen molar-refractivity contribution in [3.8, 4) is 0 Å². The van der Waals surface area contributed by atoms with Crippen molar-refractivity contribution in [1.82, 2.24) is 0 Å². The number of aromatic carboxylic acids is 1. The summed E-state index contributed by atoms with van der Waals surface area (Å²) in [6.07, 6.45) is 2.39. The molecule has 1 aliphatic carbocycles. The van der Waals surface area contributed by atoms with Gasteiger partial charge in [-0.2, -0.15) is 12.6 Å². The van der Waals surface area contributed by atoms with Crippen LogP contribution in [0.25, 0.3) is 0 Å². The second-order valence-corrected chi connectivity index (χ2v) is 7.49. The molecule has 0 aromatic heterocycles. The fourth-order valence-electron chi connectivity index (χ4n) is 3.37. The van der Waals surface area contributed by atoms with E-state index in [1.807, 2.05) is 12.1 Å². The van der Waals surface area contributed by atoms with Gasteiger partial charge in [0.1, 0.15) is 0 Å². The number of anilines is 1. The van der Waals surface area contributed by atoms with Gasteiger partial charge in [0.15, 0.2) is 0 Å². The van der Waals surface area contributed by atoms with Gasteiger partial charge < -0.3 is 10.4 Å².